The summed E-state index contributed by atoms with van der Waals surface area (Å²) in [5.41, 5.74) is 1.62. The Morgan fingerprint density at radius 1 is 1.21 bits per heavy atom. The predicted octanol–water partition coefficient (Wildman–Crippen LogP) is 4.28. The zero-order chi connectivity index (χ0) is 21.6. The number of hydrogen-bond acceptors (Lipinski definition) is 5. The fourth-order valence-corrected chi connectivity index (χ4v) is 3.05. The minimum absolute atomic E-state index is 0.0780. The lowest BCUT2D eigenvalue weighted by atomic mass is 10.1. The van der Waals surface area contributed by atoms with E-state index in [1.165, 1.54) is 0 Å². The summed E-state index contributed by atoms with van der Waals surface area (Å²) in [4.78, 5) is 36.3. The Balaban J connectivity index is 1.98. The summed E-state index contributed by atoms with van der Waals surface area (Å²) in [5.74, 6) is -0.801. The van der Waals surface area contributed by atoms with Crippen LogP contribution in [0.3, 0.4) is 0 Å². The van der Waals surface area contributed by atoms with Crippen LogP contribution in [0, 0.1) is 12.8 Å². The van der Waals surface area contributed by atoms with E-state index in [-0.39, 0.29) is 22.4 Å². The van der Waals surface area contributed by atoms with Gasteiger partial charge in [-0.25, -0.2) is 4.79 Å². The van der Waals surface area contributed by atoms with E-state index in [9.17, 15) is 14.4 Å². The highest BCUT2D eigenvalue weighted by Crippen LogP contribution is 2.22. The fourth-order valence-electron chi connectivity index (χ4n) is 2.73. The molecule has 0 saturated carbocycles. The molecule has 156 valence electrons. The lowest BCUT2D eigenvalue weighted by molar-refractivity contribution is -0.116. The first-order chi connectivity index (χ1) is 13.7. The highest BCUT2D eigenvalue weighted by molar-refractivity contribution is 6.32. The first kappa shape index (κ1) is 22.6. The Kier molecular flexibility index (Phi) is 7.96. The molecule has 0 aliphatic rings. The number of hydrogen-bond donors (Lipinski definition) is 1. The van der Waals surface area contributed by atoms with Gasteiger partial charge in [0.05, 0.1) is 5.69 Å². The van der Waals surface area contributed by atoms with Crippen LogP contribution in [0.15, 0.2) is 24.3 Å². The van der Waals surface area contributed by atoms with Crippen LogP contribution in [-0.4, -0.2) is 34.0 Å². The molecule has 0 unspecified atom stereocenters. The van der Waals surface area contributed by atoms with Gasteiger partial charge in [0.15, 0.2) is 12.4 Å². The number of rotatable bonds is 9. The van der Waals surface area contributed by atoms with Crippen molar-refractivity contribution < 1.29 is 19.1 Å². The number of carbonyl (C=O) groups is 3. The number of ketones is 1. The second-order valence-corrected chi connectivity index (χ2v) is 7.56. The summed E-state index contributed by atoms with van der Waals surface area (Å²) in [6.45, 7) is 7.80. The smallest absolute Gasteiger partial charge is 0.343 e. The summed E-state index contributed by atoms with van der Waals surface area (Å²) in [6, 6.07) is 6.44. The van der Waals surface area contributed by atoms with Gasteiger partial charge in [-0.1, -0.05) is 32.4 Å². The zero-order valence-corrected chi connectivity index (χ0v) is 17.9. The Labute approximate surface area is 175 Å². The number of halogens is 1. The van der Waals surface area contributed by atoms with Crippen LogP contribution in [0.4, 0.5) is 5.69 Å². The summed E-state index contributed by atoms with van der Waals surface area (Å²) in [7, 11) is 0. The third-order valence-electron chi connectivity index (χ3n) is 4.11. The number of aryl methyl sites for hydroxylation is 1. The average molecular weight is 420 g/mol. The van der Waals surface area contributed by atoms with Gasteiger partial charge in [0.25, 0.3) is 0 Å². The molecule has 0 bridgehead atoms. The molecule has 1 aromatic carbocycles. The van der Waals surface area contributed by atoms with Gasteiger partial charge < -0.3 is 10.1 Å². The molecule has 1 heterocycles. The summed E-state index contributed by atoms with van der Waals surface area (Å²) < 4.78 is 6.72. The number of Topliss-reactive ketones (excluding diaryl/α,β-unsaturated/α-hetero) is 1. The maximum Gasteiger partial charge on any atom is 0.343 e. The minimum atomic E-state index is -0.681. The Morgan fingerprint density at radius 2 is 1.86 bits per heavy atom. The number of carbonyl (C=O) groups excluding carboxylic acids is 3. The molecule has 7 nitrogen and oxygen atoms in total. The molecule has 29 heavy (non-hydrogen) atoms. The van der Waals surface area contributed by atoms with Crippen molar-refractivity contribution in [2.45, 2.75) is 47.1 Å². The molecule has 1 aromatic heterocycles. The molecule has 1 N–H and O–H groups in total. The molecule has 0 atom stereocenters. The van der Waals surface area contributed by atoms with Gasteiger partial charge in [0.1, 0.15) is 10.7 Å². The van der Waals surface area contributed by atoms with Gasteiger partial charge in [-0.05, 0) is 43.5 Å². The molecular weight excluding hydrogens is 394 g/mol. The van der Waals surface area contributed by atoms with Gasteiger partial charge in [-0.2, -0.15) is 5.10 Å². The van der Waals surface area contributed by atoms with E-state index in [2.05, 4.69) is 10.4 Å². The largest absolute Gasteiger partial charge is 0.454 e. The van der Waals surface area contributed by atoms with Crippen molar-refractivity contribution in [1.29, 1.82) is 0 Å². The Bertz CT molecular complexity index is 888. The van der Waals surface area contributed by atoms with Gasteiger partial charge in [-0.15, -0.1) is 0 Å². The lowest BCUT2D eigenvalue weighted by Gasteiger charge is -2.07. The molecule has 0 saturated heterocycles. The molecule has 2 rings (SSSR count). The standard InChI is InChI=1S/C21H26ClN3O4/c1-5-6-18(27)23-16-9-7-15(8-10-16)17(26)12-29-21(28)19-14(4)24-25(20(19)22)11-13(2)3/h7-10,13H,5-6,11-12H2,1-4H3,(H,23,27). The van der Waals surface area contributed by atoms with Crippen LogP contribution >= 0.6 is 11.6 Å². The van der Waals surface area contributed by atoms with Crippen molar-refractivity contribution in [3.63, 3.8) is 0 Å². The monoisotopic (exact) mass is 419 g/mol. The predicted molar refractivity (Wildman–Crippen MR) is 111 cm³/mol. The van der Waals surface area contributed by atoms with Crippen LogP contribution in [0.5, 0.6) is 0 Å². The van der Waals surface area contributed by atoms with Crippen LogP contribution in [0.2, 0.25) is 5.15 Å². The van der Waals surface area contributed by atoms with Crippen molar-refractivity contribution in [2.24, 2.45) is 5.92 Å². The molecular formula is C21H26ClN3O4. The normalized spacial score (nSPS) is 10.8. The maximum absolute atomic E-state index is 12.4. The number of nitrogens with one attached hydrogen (secondary N) is 1. The second kappa shape index (κ2) is 10.2. The van der Waals surface area contributed by atoms with E-state index < -0.39 is 12.6 Å². The number of nitrogens with zero attached hydrogens (tertiary/aromatic N) is 2. The molecule has 0 radical (unpaired) electrons. The van der Waals surface area contributed by atoms with Crippen molar-refractivity contribution >= 4 is 34.9 Å². The van der Waals surface area contributed by atoms with Crippen LogP contribution < -0.4 is 5.32 Å². The first-order valence-corrected chi connectivity index (χ1v) is 9.93. The van der Waals surface area contributed by atoms with E-state index in [1.54, 1.807) is 35.9 Å². The van der Waals surface area contributed by atoms with Crippen molar-refractivity contribution in [3.05, 3.63) is 46.2 Å². The number of ether oxygens (including phenoxy) is 1. The molecule has 2 aromatic rings. The van der Waals surface area contributed by atoms with Gasteiger partial charge >= 0.3 is 5.97 Å². The first-order valence-electron chi connectivity index (χ1n) is 9.56. The average Bonchev–Trinajstić information content (AvgIpc) is 2.93. The van der Waals surface area contributed by atoms with Crippen LogP contribution in [0.1, 0.15) is 60.0 Å². The molecule has 1 amide bonds. The Hall–Kier alpha value is -2.67. The molecule has 0 spiro atoms. The van der Waals surface area contributed by atoms with E-state index in [0.29, 0.717) is 35.8 Å². The van der Waals surface area contributed by atoms with Gasteiger partial charge in [0.2, 0.25) is 5.91 Å². The van der Waals surface area contributed by atoms with Gasteiger partial charge in [0, 0.05) is 24.2 Å². The molecule has 8 heteroatoms. The third kappa shape index (κ3) is 6.15. The van der Waals surface area contributed by atoms with Crippen LogP contribution in [0.25, 0.3) is 0 Å². The molecule has 0 aliphatic heterocycles. The number of anilines is 1. The van der Waals surface area contributed by atoms with E-state index >= 15 is 0 Å². The fraction of sp³-hybridized carbons (Fsp3) is 0.429. The van der Waals surface area contributed by atoms with Crippen LogP contribution in [-0.2, 0) is 16.1 Å². The lowest BCUT2D eigenvalue weighted by Crippen LogP contribution is -2.15. The Morgan fingerprint density at radius 3 is 2.45 bits per heavy atom. The second-order valence-electron chi connectivity index (χ2n) is 7.20. The third-order valence-corrected chi connectivity index (χ3v) is 4.49. The van der Waals surface area contributed by atoms with Crippen molar-refractivity contribution in [1.82, 2.24) is 9.78 Å². The van der Waals surface area contributed by atoms with E-state index in [1.807, 2.05) is 20.8 Å². The zero-order valence-electron chi connectivity index (χ0n) is 17.1. The van der Waals surface area contributed by atoms with Crippen molar-refractivity contribution in [2.75, 3.05) is 11.9 Å². The van der Waals surface area contributed by atoms with Crippen molar-refractivity contribution in [3.8, 4) is 0 Å². The van der Waals surface area contributed by atoms with E-state index in [0.717, 1.165) is 6.42 Å². The number of aromatic nitrogens is 2. The quantitative estimate of drug-likeness (QED) is 0.484. The highest BCUT2D eigenvalue weighted by atomic mass is 35.5. The maximum atomic E-state index is 12.4. The summed E-state index contributed by atoms with van der Waals surface area (Å²) in [5, 5.41) is 7.23. The van der Waals surface area contributed by atoms with E-state index in [4.69, 9.17) is 16.3 Å². The SMILES string of the molecule is CCCC(=O)Nc1ccc(C(=O)COC(=O)c2c(C)nn(CC(C)C)c2Cl)cc1. The minimum Gasteiger partial charge on any atom is -0.454 e. The van der Waals surface area contributed by atoms with Gasteiger partial charge in [-0.3, -0.25) is 14.3 Å². The molecule has 0 fully saturated rings. The highest BCUT2D eigenvalue weighted by Gasteiger charge is 2.23. The summed E-state index contributed by atoms with van der Waals surface area (Å²) >= 11 is 6.26. The number of esters is 1. The molecule has 0 aliphatic carbocycles. The topological polar surface area (TPSA) is 90.3 Å². The number of benzene rings is 1. The summed E-state index contributed by atoms with van der Waals surface area (Å²) in [6.07, 6.45) is 1.19. The number of amides is 1.